The molecule has 0 aliphatic rings. The van der Waals surface area contributed by atoms with Crippen LogP contribution >= 0.6 is 0 Å². The third-order valence-corrected chi connectivity index (χ3v) is 10.9. The van der Waals surface area contributed by atoms with Crippen molar-refractivity contribution < 1.29 is 0 Å². The number of nitrogens with zero attached hydrogens (tertiary/aromatic N) is 5. The molecule has 0 aliphatic heterocycles. The van der Waals surface area contributed by atoms with Gasteiger partial charge in [-0.15, -0.1) is 0 Å². The number of aromatic nitrogens is 5. The molecule has 0 aliphatic carbocycles. The fourth-order valence-corrected chi connectivity index (χ4v) is 7.93. The maximum Gasteiger partial charge on any atom is 0.164 e. The summed E-state index contributed by atoms with van der Waals surface area (Å²) in [7, 11) is 0. The molecule has 5 heteroatoms. The van der Waals surface area contributed by atoms with Crippen molar-refractivity contribution in [2.45, 2.75) is 0 Å². The van der Waals surface area contributed by atoms with Crippen LogP contribution in [0.2, 0.25) is 0 Å². The highest BCUT2D eigenvalue weighted by molar-refractivity contribution is 6.20. The molecular weight excluding hydrogens is 707 g/mol. The van der Waals surface area contributed by atoms with Gasteiger partial charge in [0.1, 0.15) is 0 Å². The van der Waals surface area contributed by atoms with E-state index in [1.54, 1.807) is 0 Å². The zero-order valence-electron chi connectivity index (χ0n) is 31.3. The zero-order chi connectivity index (χ0) is 38.4. The molecule has 0 fully saturated rings. The molecule has 0 unspecified atom stereocenters. The summed E-state index contributed by atoms with van der Waals surface area (Å²) in [6.45, 7) is 0. The van der Waals surface area contributed by atoms with Crippen molar-refractivity contribution in [1.82, 2.24) is 24.9 Å². The molecule has 11 aromatic rings. The van der Waals surface area contributed by atoms with Crippen LogP contribution < -0.4 is 0 Å². The summed E-state index contributed by atoms with van der Waals surface area (Å²) in [6, 6.07) is 69.4. The van der Waals surface area contributed by atoms with E-state index in [2.05, 4.69) is 133 Å². The average molecular weight is 740 g/mol. The molecule has 0 saturated heterocycles. The van der Waals surface area contributed by atoms with Gasteiger partial charge < -0.3 is 0 Å². The SMILES string of the molecule is c1ccc(-c2ccc3ccc4c5ccccc5nc(-c5ccc(-c6ccc7cc(-c8nc(-c9ccccc9)nc(-c9ccccc9)n8)ccc7c6)cc5)c4c3n2)cc1. The van der Waals surface area contributed by atoms with Gasteiger partial charge in [0, 0.05) is 44.0 Å². The van der Waals surface area contributed by atoms with E-state index in [0.29, 0.717) is 17.5 Å². The summed E-state index contributed by atoms with van der Waals surface area (Å²) < 4.78 is 0. The zero-order valence-corrected chi connectivity index (χ0v) is 31.3. The first-order valence-electron chi connectivity index (χ1n) is 19.4. The predicted molar refractivity (Wildman–Crippen MR) is 238 cm³/mol. The number of hydrogen-bond donors (Lipinski definition) is 0. The van der Waals surface area contributed by atoms with Crippen LogP contribution in [0.5, 0.6) is 0 Å². The minimum atomic E-state index is 0.642. The van der Waals surface area contributed by atoms with Gasteiger partial charge in [-0.1, -0.05) is 176 Å². The van der Waals surface area contributed by atoms with E-state index < -0.39 is 0 Å². The molecule has 0 bridgehead atoms. The Hall–Kier alpha value is -7.89. The second-order valence-electron chi connectivity index (χ2n) is 14.5. The van der Waals surface area contributed by atoms with Crippen molar-refractivity contribution in [3.05, 3.63) is 200 Å². The molecule has 0 N–H and O–H groups in total. The Morgan fingerprint density at radius 1 is 0.276 bits per heavy atom. The van der Waals surface area contributed by atoms with Crippen molar-refractivity contribution in [3.8, 4) is 67.8 Å². The normalized spacial score (nSPS) is 11.4. The van der Waals surface area contributed by atoms with Crippen molar-refractivity contribution in [2.24, 2.45) is 0 Å². The fourth-order valence-electron chi connectivity index (χ4n) is 7.93. The Morgan fingerprint density at radius 2 is 0.776 bits per heavy atom. The van der Waals surface area contributed by atoms with Gasteiger partial charge >= 0.3 is 0 Å². The summed E-state index contributed by atoms with van der Waals surface area (Å²) in [5.74, 6) is 1.94. The van der Waals surface area contributed by atoms with Gasteiger partial charge in [-0.2, -0.15) is 0 Å². The van der Waals surface area contributed by atoms with Gasteiger partial charge in [0.15, 0.2) is 17.5 Å². The van der Waals surface area contributed by atoms with Crippen molar-refractivity contribution >= 4 is 43.4 Å². The maximum absolute atomic E-state index is 5.29. The predicted octanol–water partition coefficient (Wildman–Crippen LogP) is 13.3. The van der Waals surface area contributed by atoms with Crippen LogP contribution in [0.1, 0.15) is 0 Å². The second-order valence-corrected chi connectivity index (χ2v) is 14.5. The van der Waals surface area contributed by atoms with Gasteiger partial charge in [-0.05, 0) is 51.6 Å². The summed E-state index contributed by atoms with van der Waals surface area (Å²) >= 11 is 0. The standard InChI is InChI=1S/C53H33N5/c1-4-12-35(13-5-1)46-31-29-37-28-30-45-44-18-10-11-19-47(44)55-50(48(45)49(37)54-46)36-22-20-34(21-23-36)40-24-25-42-33-43(27-26-41(42)32-40)53-57-51(38-14-6-2-7-15-38)56-52(58-53)39-16-8-3-9-17-39/h1-33H. The molecule has 270 valence electrons. The van der Waals surface area contributed by atoms with Crippen LogP contribution in [0.4, 0.5) is 0 Å². The highest BCUT2D eigenvalue weighted by Crippen LogP contribution is 2.38. The van der Waals surface area contributed by atoms with E-state index in [1.807, 2.05) is 66.7 Å². The van der Waals surface area contributed by atoms with Crippen LogP contribution in [-0.2, 0) is 0 Å². The Balaban J connectivity index is 0.972. The monoisotopic (exact) mass is 739 g/mol. The first-order valence-corrected chi connectivity index (χ1v) is 19.4. The first-order chi connectivity index (χ1) is 28.7. The smallest absolute Gasteiger partial charge is 0.164 e. The van der Waals surface area contributed by atoms with Crippen molar-refractivity contribution in [1.29, 1.82) is 0 Å². The fraction of sp³-hybridized carbons (Fsp3) is 0. The van der Waals surface area contributed by atoms with E-state index in [0.717, 1.165) is 93.7 Å². The van der Waals surface area contributed by atoms with Gasteiger partial charge in [-0.3, -0.25) is 0 Å². The lowest BCUT2D eigenvalue weighted by Gasteiger charge is -2.14. The molecule has 3 aromatic heterocycles. The van der Waals surface area contributed by atoms with E-state index >= 15 is 0 Å². The molecule has 0 atom stereocenters. The number of fused-ring (bicyclic) bond motifs is 6. The maximum atomic E-state index is 5.29. The van der Waals surface area contributed by atoms with Crippen LogP contribution in [0.25, 0.3) is 111 Å². The van der Waals surface area contributed by atoms with E-state index in [-0.39, 0.29) is 0 Å². The molecule has 0 saturated carbocycles. The third kappa shape index (κ3) is 6.03. The highest BCUT2D eigenvalue weighted by atomic mass is 15.0. The van der Waals surface area contributed by atoms with Crippen LogP contribution in [0.15, 0.2) is 200 Å². The highest BCUT2D eigenvalue weighted by Gasteiger charge is 2.17. The number of pyridine rings is 2. The van der Waals surface area contributed by atoms with E-state index in [9.17, 15) is 0 Å². The Bertz CT molecular complexity index is 3250. The molecule has 0 amide bonds. The Kier molecular flexibility index (Phi) is 8.07. The number of para-hydroxylation sites is 1. The number of benzene rings is 8. The number of hydrogen-bond acceptors (Lipinski definition) is 5. The minimum Gasteiger partial charge on any atom is -0.247 e. The van der Waals surface area contributed by atoms with Crippen molar-refractivity contribution in [3.63, 3.8) is 0 Å². The van der Waals surface area contributed by atoms with Crippen LogP contribution in [0.3, 0.4) is 0 Å². The van der Waals surface area contributed by atoms with Gasteiger partial charge in [-0.25, -0.2) is 24.9 Å². The Labute approximate surface area is 335 Å². The molecule has 0 spiro atoms. The molecule has 3 heterocycles. The van der Waals surface area contributed by atoms with Gasteiger partial charge in [0.05, 0.1) is 22.4 Å². The summed E-state index contributed by atoms with van der Waals surface area (Å²) in [6.07, 6.45) is 0. The summed E-state index contributed by atoms with van der Waals surface area (Å²) in [5, 5.41) is 6.67. The van der Waals surface area contributed by atoms with E-state index in [4.69, 9.17) is 24.9 Å². The molecular formula is C53H33N5. The first kappa shape index (κ1) is 33.4. The minimum absolute atomic E-state index is 0.642. The molecule has 11 rings (SSSR count). The summed E-state index contributed by atoms with van der Waals surface area (Å²) in [4.78, 5) is 25.3. The summed E-state index contributed by atoms with van der Waals surface area (Å²) in [5.41, 5.74) is 11.0. The number of rotatable bonds is 6. The van der Waals surface area contributed by atoms with Crippen LogP contribution in [-0.4, -0.2) is 24.9 Å². The molecule has 5 nitrogen and oxygen atoms in total. The second kappa shape index (κ2) is 14.0. The lowest BCUT2D eigenvalue weighted by atomic mass is 9.95. The Morgan fingerprint density at radius 3 is 1.45 bits per heavy atom. The topological polar surface area (TPSA) is 64.5 Å². The lowest BCUT2D eigenvalue weighted by Crippen LogP contribution is -2.00. The lowest BCUT2D eigenvalue weighted by molar-refractivity contribution is 1.07. The van der Waals surface area contributed by atoms with Gasteiger partial charge in [0.2, 0.25) is 0 Å². The van der Waals surface area contributed by atoms with E-state index in [1.165, 1.54) is 0 Å². The molecule has 0 radical (unpaired) electrons. The van der Waals surface area contributed by atoms with Crippen molar-refractivity contribution in [2.75, 3.05) is 0 Å². The van der Waals surface area contributed by atoms with Gasteiger partial charge in [0.25, 0.3) is 0 Å². The molecule has 58 heavy (non-hydrogen) atoms. The molecule has 8 aromatic carbocycles. The van der Waals surface area contributed by atoms with Crippen LogP contribution in [0, 0.1) is 0 Å². The largest absolute Gasteiger partial charge is 0.247 e. The third-order valence-electron chi connectivity index (χ3n) is 10.9. The average Bonchev–Trinajstić information content (AvgIpc) is 3.31. The quantitative estimate of drug-likeness (QED) is 0.159.